The molecule has 37 heavy (non-hydrogen) atoms. The minimum Gasteiger partial charge on any atom is -0.463 e. The van der Waals surface area contributed by atoms with Crippen molar-refractivity contribution in [1.29, 1.82) is 0 Å². The van der Waals surface area contributed by atoms with Crippen molar-refractivity contribution in [2.45, 2.75) is 58.4 Å². The summed E-state index contributed by atoms with van der Waals surface area (Å²) in [4.78, 5) is 26.0. The summed E-state index contributed by atoms with van der Waals surface area (Å²) in [7, 11) is -7.86. The molecule has 0 fully saturated rings. The molecule has 0 spiro atoms. The van der Waals surface area contributed by atoms with Crippen molar-refractivity contribution in [3.63, 3.8) is 0 Å². The molecule has 0 saturated heterocycles. The second-order valence-corrected chi connectivity index (χ2v) is 15.8. The van der Waals surface area contributed by atoms with Gasteiger partial charge in [0.1, 0.15) is 0 Å². The first-order chi connectivity index (χ1) is 17.4. The molecular weight excluding hydrogens is 514 g/mol. The van der Waals surface area contributed by atoms with Crippen LogP contribution in [-0.2, 0) is 32.4 Å². The zero-order valence-corrected chi connectivity index (χ0v) is 24.4. The van der Waals surface area contributed by atoms with Crippen molar-refractivity contribution >= 4 is 38.0 Å². The number of Topliss-reactive ketones (excluding diaryl/α,β-unsaturated/α-hetero) is 1. The van der Waals surface area contributed by atoms with Crippen molar-refractivity contribution in [3.8, 4) is 0 Å². The number of carbonyl (C=O) groups excluding carboxylic acids is 2. The molecule has 10 heteroatoms. The normalized spacial score (nSPS) is 14.1. The van der Waals surface area contributed by atoms with Gasteiger partial charge in [-0.1, -0.05) is 81.4 Å². The lowest BCUT2D eigenvalue weighted by atomic mass is 10.2. The Balaban J connectivity index is 2.50. The van der Waals surface area contributed by atoms with E-state index in [1.165, 1.54) is 20.8 Å². The zero-order chi connectivity index (χ0) is 27.7. The van der Waals surface area contributed by atoms with Crippen LogP contribution in [0.25, 0.3) is 0 Å². The highest BCUT2D eigenvalue weighted by molar-refractivity contribution is 7.57. The van der Waals surface area contributed by atoms with Crippen LogP contribution in [0.15, 0.2) is 60.7 Å². The molecule has 2 rings (SSSR count). The first-order valence-corrected chi connectivity index (χ1v) is 15.9. The second-order valence-electron chi connectivity index (χ2n) is 9.36. The monoisotopic (exact) mass is 552 g/mol. The Kier molecular flexibility index (Phi) is 11.0. The Morgan fingerprint density at radius 3 is 1.68 bits per heavy atom. The van der Waals surface area contributed by atoms with Crippen molar-refractivity contribution in [3.05, 3.63) is 60.7 Å². The lowest BCUT2D eigenvalue weighted by Crippen LogP contribution is -2.66. The van der Waals surface area contributed by atoms with Gasteiger partial charge in [-0.2, -0.15) is 0 Å². The maximum absolute atomic E-state index is 16.3. The number of rotatable bonds is 14. The van der Waals surface area contributed by atoms with Crippen LogP contribution in [-0.4, -0.2) is 51.9 Å². The fourth-order valence-electron chi connectivity index (χ4n) is 4.38. The Hall–Kier alpha value is -2.16. The summed E-state index contributed by atoms with van der Waals surface area (Å²) >= 11 is 0. The molecule has 0 aliphatic rings. The highest BCUT2D eigenvalue weighted by Crippen LogP contribution is 2.62. The fraction of sp³-hybridized carbons (Fsp3) is 0.481. The zero-order valence-electron chi connectivity index (χ0n) is 22.5. The third-order valence-corrected chi connectivity index (χ3v) is 13.4. The molecule has 2 aromatic carbocycles. The van der Waals surface area contributed by atoms with E-state index in [0.29, 0.717) is 0 Å². The van der Waals surface area contributed by atoms with Gasteiger partial charge < -0.3 is 18.2 Å². The topological polar surface area (TPSA) is 88.1 Å². The van der Waals surface area contributed by atoms with Gasteiger partial charge >= 0.3 is 19.0 Å². The Bertz CT molecular complexity index is 1030. The highest BCUT2D eigenvalue weighted by atomic mass is 31.2. The van der Waals surface area contributed by atoms with Gasteiger partial charge in [-0.15, -0.1) is 0 Å². The number of hydrogen-bond acceptors (Lipinski definition) is 7. The molecule has 7 nitrogen and oxygen atoms in total. The van der Waals surface area contributed by atoms with Crippen LogP contribution >= 0.6 is 7.60 Å². The lowest BCUT2D eigenvalue weighted by Gasteiger charge is -2.43. The van der Waals surface area contributed by atoms with E-state index in [4.69, 9.17) is 18.2 Å². The summed E-state index contributed by atoms with van der Waals surface area (Å²) in [5.41, 5.74) is 0. The van der Waals surface area contributed by atoms with Gasteiger partial charge in [-0.25, -0.2) is 9.18 Å². The van der Waals surface area contributed by atoms with E-state index in [-0.39, 0.29) is 31.5 Å². The Morgan fingerprint density at radius 1 is 0.838 bits per heavy atom. The molecule has 0 N–H and O–H groups in total. The van der Waals surface area contributed by atoms with Crippen molar-refractivity contribution in [1.82, 2.24) is 0 Å². The third-order valence-electron chi connectivity index (χ3n) is 5.96. The molecule has 0 heterocycles. The average Bonchev–Trinajstić information content (AvgIpc) is 2.86. The number of hydrogen-bond donors (Lipinski definition) is 0. The molecular formula is C27H38FO7PSi. The smallest absolute Gasteiger partial charge is 0.387 e. The minimum absolute atomic E-state index is 0.213. The van der Waals surface area contributed by atoms with Crippen LogP contribution in [0.2, 0.25) is 5.04 Å². The van der Waals surface area contributed by atoms with Crippen LogP contribution in [0.3, 0.4) is 0 Å². The summed E-state index contributed by atoms with van der Waals surface area (Å²) in [6.45, 7) is 9.71. The maximum atomic E-state index is 16.3. The van der Waals surface area contributed by atoms with Gasteiger partial charge in [0.25, 0.3) is 8.32 Å². The second kappa shape index (κ2) is 13.1. The Labute approximate surface area is 220 Å². The van der Waals surface area contributed by atoms with Crippen LogP contribution in [0, 0.1) is 0 Å². The number of halogens is 1. The van der Waals surface area contributed by atoms with Crippen LogP contribution in [0.1, 0.15) is 48.0 Å². The highest BCUT2D eigenvalue weighted by Gasteiger charge is 2.65. The van der Waals surface area contributed by atoms with Gasteiger partial charge in [0.05, 0.1) is 19.8 Å². The molecule has 0 amide bonds. The minimum atomic E-state index is -4.85. The molecule has 0 bridgehead atoms. The number of ether oxygens (including phenoxy) is 1. The van der Waals surface area contributed by atoms with Crippen LogP contribution in [0.4, 0.5) is 4.39 Å². The van der Waals surface area contributed by atoms with Crippen molar-refractivity contribution < 1.29 is 36.8 Å². The van der Waals surface area contributed by atoms with E-state index in [2.05, 4.69) is 20.8 Å². The van der Waals surface area contributed by atoms with E-state index in [0.717, 1.165) is 10.4 Å². The van der Waals surface area contributed by atoms with Crippen molar-refractivity contribution in [2.24, 2.45) is 0 Å². The molecule has 0 aliphatic carbocycles. The summed E-state index contributed by atoms with van der Waals surface area (Å²) in [6, 6.07) is 19.5. The van der Waals surface area contributed by atoms with E-state index in [9.17, 15) is 14.2 Å². The lowest BCUT2D eigenvalue weighted by molar-refractivity contribution is -0.157. The van der Waals surface area contributed by atoms with Gasteiger partial charge in [0, 0.05) is 13.0 Å². The van der Waals surface area contributed by atoms with E-state index < -0.39 is 39.5 Å². The number of carbonyl (C=O) groups is 2. The van der Waals surface area contributed by atoms with Crippen LogP contribution < -0.4 is 10.4 Å². The Morgan fingerprint density at radius 2 is 1.30 bits per heavy atom. The van der Waals surface area contributed by atoms with E-state index in [1.807, 2.05) is 60.7 Å². The molecule has 0 aliphatic heterocycles. The number of ketones is 1. The van der Waals surface area contributed by atoms with Gasteiger partial charge in [0.2, 0.25) is 0 Å². The van der Waals surface area contributed by atoms with E-state index >= 15 is 4.39 Å². The molecule has 204 valence electrons. The average molecular weight is 553 g/mol. The number of benzene rings is 2. The summed E-state index contributed by atoms with van der Waals surface area (Å²) in [5.74, 6) is -2.86. The number of esters is 1. The van der Waals surface area contributed by atoms with Crippen molar-refractivity contribution in [2.75, 3.05) is 26.4 Å². The molecule has 0 radical (unpaired) electrons. The molecule has 0 saturated carbocycles. The number of alkyl halides is 1. The molecule has 0 aromatic heterocycles. The SMILES string of the molecule is CCOC(=O)C(F)(C(=O)CCO[Si](c1ccccc1)(c1ccccc1)C(C)(C)C)P(=O)(OCC)OCC. The first kappa shape index (κ1) is 31.1. The first-order valence-electron chi connectivity index (χ1n) is 12.5. The largest absolute Gasteiger partial charge is 0.463 e. The van der Waals surface area contributed by atoms with Gasteiger partial charge in [0.15, 0.2) is 5.78 Å². The molecule has 1 atom stereocenters. The molecule has 1 unspecified atom stereocenters. The quantitative estimate of drug-likeness (QED) is 0.141. The summed E-state index contributed by atoms with van der Waals surface area (Å²) in [5, 5.41) is -2.03. The van der Waals surface area contributed by atoms with Crippen LogP contribution in [0.5, 0.6) is 0 Å². The van der Waals surface area contributed by atoms with Gasteiger partial charge in [-0.3, -0.25) is 9.36 Å². The predicted octanol–water partition coefficient (Wildman–Crippen LogP) is 5.02. The van der Waals surface area contributed by atoms with E-state index in [1.54, 1.807) is 0 Å². The third kappa shape index (κ3) is 6.29. The molecule has 2 aromatic rings. The fourth-order valence-corrected chi connectivity index (χ4v) is 10.8. The maximum Gasteiger partial charge on any atom is 0.387 e. The van der Waals surface area contributed by atoms with Gasteiger partial charge in [-0.05, 0) is 36.2 Å². The summed E-state index contributed by atoms with van der Waals surface area (Å²) in [6.07, 6.45) is -0.538. The summed E-state index contributed by atoms with van der Waals surface area (Å²) < 4.78 is 51.3. The standard InChI is InChI=1S/C27H38FO7PSi/c1-7-32-25(30)27(28,36(31,33-8-2)34-9-3)24(29)20-21-35-37(26(4,5)6,22-16-12-10-13-17-22)23-18-14-11-15-19-23/h10-19H,7-9,20-21H2,1-6H3. The predicted molar refractivity (Wildman–Crippen MR) is 145 cm³/mol.